The van der Waals surface area contributed by atoms with Crippen LogP contribution in [0.2, 0.25) is 0 Å². The van der Waals surface area contributed by atoms with Crippen molar-refractivity contribution in [3.8, 4) is 5.75 Å². The third kappa shape index (κ3) is 10.4. The van der Waals surface area contributed by atoms with Gasteiger partial charge in [-0.05, 0) is 48.1 Å². The van der Waals surface area contributed by atoms with Crippen LogP contribution in [0.1, 0.15) is 29.5 Å². The van der Waals surface area contributed by atoms with Gasteiger partial charge in [0, 0.05) is 32.5 Å². The number of nitrogens with one attached hydrogen (secondary N) is 4. The molecule has 0 bridgehead atoms. The van der Waals surface area contributed by atoms with E-state index in [2.05, 4.69) is 34.4 Å². The third-order valence-corrected chi connectivity index (χ3v) is 8.27. The highest BCUT2D eigenvalue weighted by Crippen LogP contribution is 2.21. The number of benzene rings is 3. The molecule has 48 heavy (non-hydrogen) atoms. The molecule has 10 heteroatoms. The number of likely N-dealkylation sites (tertiary alicyclic amines) is 1. The van der Waals surface area contributed by atoms with Gasteiger partial charge in [-0.3, -0.25) is 19.2 Å². The zero-order chi connectivity index (χ0) is 34.3. The first-order chi connectivity index (χ1) is 23.3. The minimum absolute atomic E-state index is 0.134. The molecule has 0 unspecified atom stereocenters. The van der Waals surface area contributed by atoms with E-state index in [9.17, 15) is 24.3 Å². The van der Waals surface area contributed by atoms with E-state index >= 15 is 0 Å². The molecule has 3 aromatic carbocycles. The van der Waals surface area contributed by atoms with Crippen molar-refractivity contribution in [2.75, 3.05) is 19.6 Å². The highest BCUT2D eigenvalue weighted by atomic mass is 16.3. The van der Waals surface area contributed by atoms with Crippen LogP contribution in [0.15, 0.2) is 110 Å². The first kappa shape index (κ1) is 35.6. The molecule has 1 fully saturated rings. The summed E-state index contributed by atoms with van der Waals surface area (Å²) in [5, 5.41) is 21.5. The quantitative estimate of drug-likeness (QED) is 0.142. The summed E-state index contributed by atoms with van der Waals surface area (Å²) in [7, 11) is 0. The Balaban J connectivity index is 1.52. The lowest BCUT2D eigenvalue weighted by Gasteiger charge is -2.30. The van der Waals surface area contributed by atoms with Gasteiger partial charge in [0.25, 0.3) is 0 Å². The summed E-state index contributed by atoms with van der Waals surface area (Å²) in [6.07, 6.45) is 5.12. The predicted octanol–water partition coefficient (Wildman–Crippen LogP) is 2.83. The normalized spacial score (nSPS) is 15.8. The third-order valence-electron chi connectivity index (χ3n) is 8.27. The number of nitrogens with zero attached hydrogens (tertiary/aromatic N) is 1. The van der Waals surface area contributed by atoms with Gasteiger partial charge in [-0.15, -0.1) is 13.2 Å². The zero-order valence-corrected chi connectivity index (χ0v) is 27.1. The summed E-state index contributed by atoms with van der Waals surface area (Å²) in [6.45, 7) is 8.44. The lowest BCUT2D eigenvalue weighted by atomic mass is 10.0. The van der Waals surface area contributed by atoms with Crippen LogP contribution in [0.4, 0.5) is 0 Å². The van der Waals surface area contributed by atoms with Gasteiger partial charge in [-0.1, -0.05) is 84.9 Å². The van der Waals surface area contributed by atoms with E-state index in [1.165, 1.54) is 0 Å². The van der Waals surface area contributed by atoms with Gasteiger partial charge >= 0.3 is 0 Å². The van der Waals surface area contributed by atoms with E-state index < -0.39 is 36.0 Å². The molecule has 0 aromatic heterocycles. The van der Waals surface area contributed by atoms with Crippen molar-refractivity contribution in [2.45, 2.75) is 56.3 Å². The summed E-state index contributed by atoms with van der Waals surface area (Å²) < 4.78 is 0. The van der Waals surface area contributed by atoms with Crippen molar-refractivity contribution < 1.29 is 24.3 Å². The van der Waals surface area contributed by atoms with Gasteiger partial charge in [-0.2, -0.15) is 0 Å². The number of rotatable bonds is 17. The van der Waals surface area contributed by atoms with Crippen LogP contribution in [-0.4, -0.2) is 77.4 Å². The van der Waals surface area contributed by atoms with Gasteiger partial charge in [0.1, 0.15) is 23.9 Å². The Morgan fingerprint density at radius 2 is 1.27 bits per heavy atom. The van der Waals surface area contributed by atoms with Crippen LogP contribution in [0.25, 0.3) is 0 Å². The molecular formula is C38H45N5O5. The molecule has 0 radical (unpaired) electrons. The largest absolute Gasteiger partial charge is 0.508 e. The zero-order valence-electron chi connectivity index (χ0n) is 27.1. The number of amides is 4. The average Bonchev–Trinajstić information content (AvgIpc) is 3.60. The molecule has 0 spiro atoms. The molecule has 3 aromatic rings. The van der Waals surface area contributed by atoms with Gasteiger partial charge in [0.2, 0.25) is 23.6 Å². The van der Waals surface area contributed by atoms with Crippen molar-refractivity contribution in [2.24, 2.45) is 0 Å². The Hall–Kier alpha value is -5.22. The van der Waals surface area contributed by atoms with Gasteiger partial charge < -0.3 is 31.3 Å². The molecule has 4 rings (SSSR count). The van der Waals surface area contributed by atoms with E-state index in [4.69, 9.17) is 0 Å². The maximum Gasteiger partial charge on any atom is 0.243 e. The Kier molecular flexibility index (Phi) is 13.5. The van der Waals surface area contributed by atoms with E-state index in [0.29, 0.717) is 32.4 Å². The van der Waals surface area contributed by atoms with Crippen molar-refractivity contribution in [3.63, 3.8) is 0 Å². The summed E-state index contributed by atoms with van der Waals surface area (Å²) in [4.78, 5) is 56.4. The van der Waals surface area contributed by atoms with Gasteiger partial charge in [0.05, 0.1) is 6.04 Å². The predicted molar refractivity (Wildman–Crippen MR) is 186 cm³/mol. The van der Waals surface area contributed by atoms with E-state index in [0.717, 1.165) is 16.7 Å². The molecule has 252 valence electrons. The average molecular weight is 652 g/mol. The maximum absolute atomic E-state index is 13.9. The number of hydrogen-bond donors (Lipinski definition) is 5. The first-order valence-corrected chi connectivity index (χ1v) is 16.3. The summed E-state index contributed by atoms with van der Waals surface area (Å²) in [6, 6.07) is 22.1. The SMILES string of the molecule is C=CCNC(=O)[C@H](Cc1ccccc1)NC(=O)[C@H](Cc1ccccc1)NC(=O)[C@@H]1CCCN1C(=O)[C@H](Cc1ccc(O)cc1)NCC=C. The standard InChI is InChI=1S/C38H45N5O5/c1-3-21-39-33(26-29-17-19-30(44)20-18-29)38(48)43-23-11-16-34(43)37(47)42-32(25-28-14-9-6-10-15-28)36(46)41-31(35(45)40-22-4-2)24-27-12-7-5-8-13-27/h3-10,12-15,17-20,31-34,39,44H,1-2,11,16,21-26H2,(H,40,45)(H,41,46)(H,42,47)/t31-,32-,33-,34-/m0/s1. The number of hydrogen-bond acceptors (Lipinski definition) is 6. The molecule has 1 aliphatic heterocycles. The molecule has 1 saturated heterocycles. The number of phenolic OH excluding ortho intramolecular Hbond substituents is 1. The monoisotopic (exact) mass is 651 g/mol. The Morgan fingerprint density at radius 3 is 1.85 bits per heavy atom. The Morgan fingerprint density at radius 1 is 0.729 bits per heavy atom. The number of phenols is 1. The van der Waals surface area contributed by atoms with E-state index in [1.54, 1.807) is 41.3 Å². The van der Waals surface area contributed by atoms with Crippen LogP contribution in [-0.2, 0) is 38.4 Å². The number of aromatic hydroxyl groups is 1. The molecular weight excluding hydrogens is 606 g/mol. The molecule has 0 saturated carbocycles. The summed E-state index contributed by atoms with van der Waals surface area (Å²) >= 11 is 0. The van der Waals surface area contributed by atoms with E-state index in [-0.39, 0.29) is 37.0 Å². The highest BCUT2D eigenvalue weighted by Gasteiger charge is 2.38. The molecule has 1 aliphatic rings. The Bertz CT molecular complexity index is 1530. The number of carbonyl (C=O) groups is 4. The molecule has 10 nitrogen and oxygen atoms in total. The molecule has 5 N–H and O–H groups in total. The fourth-order valence-electron chi connectivity index (χ4n) is 5.80. The molecule has 0 aliphatic carbocycles. The second-order valence-electron chi connectivity index (χ2n) is 11.8. The number of carbonyl (C=O) groups excluding carboxylic acids is 4. The fraction of sp³-hybridized carbons (Fsp3) is 0.316. The van der Waals surface area contributed by atoms with Crippen molar-refractivity contribution in [1.82, 2.24) is 26.2 Å². The highest BCUT2D eigenvalue weighted by molar-refractivity contribution is 5.95. The van der Waals surface area contributed by atoms with Crippen LogP contribution in [0, 0.1) is 0 Å². The lowest BCUT2D eigenvalue weighted by Crippen LogP contribution is -2.58. The first-order valence-electron chi connectivity index (χ1n) is 16.3. The van der Waals surface area contributed by atoms with Gasteiger partial charge in [-0.25, -0.2) is 0 Å². The fourth-order valence-corrected chi connectivity index (χ4v) is 5.80. The van der Waals surface area contributed by atoms with Crippen LogP contribution in [0.5, 0.6) is 5.75 Å². The minimum atomic E-state index is -1.00. The van der Waals surface area contributed by atoms with Crippen molar-refractivity contribution in [3.05, 3.63) is 127 Å². The molecule has 4 amide bonds. The minimum Gasteiger partial charge on any atom is -0.508 e. The van der Waals surface area contributed by atoms with Gasteiger partial charge in [0.15, 0.2) is 0 Å². The van der Waals surface area contributed by atoms with Crippen molar-refractivity contribution >= 4 is 23.6 Å². The second kappa shape index (κ2) is 18.2. The molecule has 1 heterocycles. The summed E-state index contributed by atoms with van der Waals surface area (Å²) in [5.41, 5.74) is 2.55. The Labute approximate surface area is 282 Å². The molecule has 4 atom stereocenters. The maximum atomic E-state index is 13.9. The van der Waals surface area contributed by atoms with E-state index in [1.807, 2.05) is 60.7 Å². The smallest absolute Gasteiger partial charge is 0.243 e. The van der Waals surface area contributed by atoms with Crippen LogP contribution in [0.3, 0.4) is 0 Å². The summed E-state index contributed by atoms with van der Waals surface area (Å²) in [5.74, 6) is -1.39. The van der Waals surface area contributed by atoms with Crippen LogP contribution < -0.4 is 21.3 Å². The second-order valence-corrected chi connectivity index (χ2v) is 11.8. The lowest BCUT2D eigenvalue weighted by molar-refractivity contribution is -0.141. The van der Waals surface area contributed by atoms with Crippen LogP contribution >= 0.6 is 0 Å². The topological polar surface area (TPSA) is 140 Å². The van der Waals surface area contributed by atoms with Crippen molar-refractivity contribution in [1.29, 1.82) is 0 Å².